The van der Waals surface area contributed by atoms with Crippen LogP contribution in [0.25, 0.3) is 10.8 Å². The average Bonchev–Trinajstić information content (AvgIpc) is 2.74. The molecule has 27 heavy (non-hydrogen) atoms. The van der Waals surface area contributed by atoms with Gasteiger partial charge in [-0.25, -0.2) is 0 Å². The van der Waals surface area contributed by atoms with Gasteiger partial charge in [-0.3, -0.25) is 0 Å². The van der Waals surface area contributed by atoms with E-state index in [1.807, 2.05) is 0 Å². The summed E-state index contributed by atoms with van der Waals surface area (Å²) in [4.78, 5) is 0. The summed E-state index contributed by atoms with van der Waals surface area (Å²) in [6.45, 7) is 2.32. The van der Waals surface area contributed by atoms with Crippen molar-refractivity contribution in [2.75, 3.05) is 0 Å². The first kappa shape index (κ1) is 14.8. The van der Waals surface area contributed by atoms with Gasteiger partial charge in [0, 0.05) is 5.41 Å². The van der Waals surface area contributed by atoms with Crippen molar-refractivity contribution in [1.82, 2.24) is 0 Å². The first-order valence-corrected chi connectivity index (χ1v) is 9.36. The van der Waals surface area contributed by atoms with Gasteiger partial charge in [0.1, 0.15) is 5.41 Å². The van der Waals surface area contributed by atoms with E-state index in [0.29, 0.717) is 0 Å². The molecule has 0 amide bonds. The number of nitrogens with zero attached hydrogens (tertiary/aromatic N) is 1. The van der Waals surface area contributed by atoms with Crippen molar-refractivity contribution in [2.45, 2.75) is 17.8 Å². The van der Waals surface area contributed by atoms with Gasteiger partial charge in [-0.05, 0) is 63.2 Å². The summed E-state index contributed by atoms with van der Waals surface area (Å²) >= 11 is 0. The van der Waals surface area contributed by atoms with Crippen LogP contribution in [-0.2, 0) is 10.8 Å². The first-order chi connectivity index (χ1) is 13.2. The number of fused-ring (bicyclic) bond motifs is 1. The molecule has 0 aromatic heterocycles. The molecule has 1 heteroatoms. The third kappa shape index (κ3) is 1.48. The van der Waals surface area contributed by atoms with Gasteiger partial charge >= 0.3 is 0 Å². The monoisotopic (exact) mass is 343 g/mol. The zero-order valence-corrected chi connectivity index (χ0v) is 15.0. The van der Waals surface area contributed by atoms with Crippen molar-refractivity contribution in [1.29, 1.82) is 5.26 Å². The quantitative estimate of drug-likeness (QED) is 0.403. The molecule has 0 atom stereocenters. The van der Waals surface area contributed by atoms with E-state index < -0.39 is 5.41 Å². The molecule has 0 spiro atoms. The first-order valence-electron chi connectivity index (χ1n) is 9.36. The van der Waals surface area contributed by atoms with E-state index in [9.17, 15) is 5.26 Å². The molecular formula is C26H17N. The van der Waals surface area contributed by atoms with Crippen molar-refractivity contribution >= 4 is 10.8 Å². The lowest BCUT2D eigenvalue weighted by Crippen LogP contribution is -2.48. The van der Waals surface area contributed by atoms with Gasteiger partial charge in [-0.1, -0.05) is 72.8 Å². The van der Waals surface area contributed by atoms with Crippen LogP contribution in [0.2, 0.25) is 0 Å². The Hall–Kier alpha value is -3.37. The zero-order valence-electron chi connectivity index (χ0n) is 15.0. The van der Waals surface area contributed by atoms with Crippen LogP contribution in [0.15, 0.2) is 84.9 Å². The third-order valence-corrected chi connectivity index (χ3v) is 6.74. The van der Waals surface area contributed by atoms with E-state index in [1.54, 1.807) is 0 Å². The fourth-order valence-electron chi connectivity index (χ4n) is 5.51. The van der Waals surface area contributed by atoms with Crippen LogP contribution in [-0.4, -0.2) is 0 Å². The van der Waals surface area contributed by atoms with Gasteiger partial charge in [-0.15, -0.1) is 0 Å². The van der Waals surface area contributed by atoms with E-state index in [4.69, 9.17) is 0 Å². The molecule has 4 aromatic rings. The molecule has 0 unspecified atom stereocenters. The molecule has 126 valence electrons. The Morgan fingerprint density at radius 2 is 1.04 bits per heavy atom. The minimum Gasteiger partial charge on any atom is -0.197 e. The van der Waals surface area contributed by atoms with Crippen LogP contribution in [0, 0.1) is 11.3 Å². The third-order valence-electron chi connectivity index (χ3n) is 6.74. The van der Waals surface area contributed by atoms with Crippen molar-refractivity contribution in [3.8, 4) is 6.07 Å². The number of hydrogen-bond donors (Lipinski definition) is 0. The van der Waals surface area contributed by atoms with Crippen molar-refractivity contribution in [3.05, 3.63) is 118 Å². The lowest BCUT2D eigenvalue weighted by atomic mass is 9.48. The molecule has 0 saturated carbocycles. The summed E-state index contributed by atoms with van der Waals surface area (Å²) in [6, 6.07) is 32.8. The van der Waals surface area contributed by atoms with Gasteiger partial charge in [-0.2, -0.15) is 5.26 Å². The number of hydrogen-bond acceptors (Lipinski definition) is 1. The normalized spacial score (nSPS) is 24.0. The van der Waals surface area contributed by atoms with Crippen LogP contribution >= 0.6 is 0 Å². The minimum atomic E-state index is -0.746. The van der Waals surface area contributed by atoms with Gasteiger partial charge in [0.05, 0.1) is 6.07 Å². The van der Waals surface area contributed by atoms with Crippen LogP contribution in [0.1, 0.15) is 40.3 Å². The second kappa shape index (κ2) is 4.67. The zero-order chi connectivity index (χ0) is 18.2. The lowest BCUT2D eigenvalue weighted by molar-refractivity contribution is 0.549. The fraction of sp³-hybridized carbons (Fsp3) is 0.115. The molecule has 0 fully saturated rings. The Bertz CT molecular complexity index is 1260. The summed E-state index contributed by atoms with van der Waals surface area (Å²) in [5.74, 6) is 0. The molecule has 0 heterocycles. The molecule has 3 aliphatic carbocycles. The maximum atomic E-state index is 10.6. The standard InChI is InChI=1S/C26H17N/c1-25-19-10-4-6-12-21(19)26(16-27,22-13-7-5-11-20(22)25)24-15-18-9-3-2-8-17(18)14-23(24)25/h2-15H,1H3. The Kier molecular flexibility index (Phi) is 2.55. The maximum absolute atomic E-state index is 10.6. The molecule has 0 saturated heterocycles. The van der Waals surface area contributed by atoms with Gasteiger partial charge in [0.2, 0.25) is 0 Å². The van der Waals surface area contributed by atoms with E-state index in [0.717, 1.165) is 16.7 Å². The Labute approximate surface area is 158 Å². The molecule has 0 N–H and O–H groups in total. The molecule has 1 nitrogen and oxygen atoms in total. The van der Waals surface area contributed by atoms with E-state index in [2.05, 4.69) is 97.9 Å². The second-order valence-electron chi connectivity index (χ2n) is 7.82. The van der Waals surface area contributed by atoms with Gasteiger partial charge in [0.15, 0.2) is 0 Å². The Morgan fingerprint density at radius 1 is 0.593 bits per heavy atom. The number of rotatable bonds is 0. The molecule has 7 rings (SSSR count). The van der Waals surface area contributed by atoms with Crippen molar-refractivity contribution in [2.24, 2.45) is 0 Å². The maximum Gasteiger partial charge on any atom is 0.133 e. The summed E-state index contributed by atoms with van der Waals surface area (Å²) in [6.07, 6.45) is 0. The van der Waals surface area contributed by atoms with Crippen LogP contribution in [0.4, 0.5) is 0 Å². The predicted molar refractivity (Wildman–Crippen MR) is 108 cm³/mol. The lowest BCUT2D eigenvalue weighted by Gasteiger charge is -2.52. The highest BCUT2D eigenvalue weighted by atomic mass is 14.6. The predicted octanol–water partition coefficient (Wildman–Crippen LogP) is 5.68. The van der Waals surface area contributed by atoms with E-state index in [-0.39, 0.29) is 5.41 Å². The number of benzene rings is 4. The highest BCUT2D eigenvalue weighted by molar-refractivity contribution is 5.89. The topological polar surface area (TPSA) is 23.8 Å². The smallest absolute Gasteiger partial charge is 0.133 e. The second-order valence-corrected chi connectivity index (χ2v) is 7.82. The Morgan fingerprint density at radius 3 is 1.56 bits per heavy atom. The van der Waals surface area contributed by atoms with Crippen LogP contribution in [0.3, 0.4) is 0 Å². The van der Waals surface area contributed by atoms with Crippen LogP contribution < -0.4 is 0 Å². The molecule has 2 bridgehead atoms. The van der Waals surface area contributed by atoms with E-state index >= 15 is 0 Å². The highest BCUT2D eigenvalue weighted by Gasteiger charge is 2.57. The molecule has 3 aliphatic rings. The average molecular weight is 343 g/mol. The van der Waals surface area contributed by atoms with Crippen LogP contribution in [0.5, 0.6) is 0 Å². The molecule has 4 aromatic carbocycles. The highest BCUT2D eigenvalue weighted by Crippen LogP contribution is 2.61. The van der Waals surface area contributed by atoms with E-state index in [1.165, 1.54) is 27.5 Å². The summed E-state index contributed by atoms with van der Waals surface area (Å²) in [7, 11) is 0. The van der Waals surface area contributed by atoms with Crippen molar-refractivity contribution < 1.29 is 0 Å². The van der Waals surface area contributed by atoms with Crippen molar-refractivity contribution in [3.63, 3.8) is 0 Å². The SMILES string of the molecule is CC12c3ccccc3C(C#N)(c3ccccc31)c1cc3ccccc3cc12. The van der Waals surface area contributed by atoms with Gasteiger partial charge in [0.25, 0.3) is 0 Å². The minimum absolute atomic E-state index is 0.245. The molecule has 0 radical (unpaired) electrons. The summed E-state index contributed by atoms with van der Waals surface area (Å²) in [5.41, 5.74) is 6.20. The number of nitriles is 1. The fourth-order valence-corrected chi connectivity index (χ4v) is 5.51. The van der Waals surface area contributed by atoms with Gasteiger partial charge < -0.3 is 0 Å². The summed E-state index contributed by atoms with van der Waals surface area (Å²) < 4.78 is 0. The molecule has 0 aliphatic heterocycles. The molecular weight excluding hydrogens is 326 g/mol. The largest absolute Gasteiger partial charge is 0.197 e. The Balaban J connectivity index is 1.89. The summed E-state index contributed by atoms with van der Waals surface area (Å²) in [5, 5.41) is 13.0.